The fourth-order valence-electron chi connectivity index (χ4n) is 1.76. The minimum atomic E-state index is -0.614. The summed E-state index contributed by atoms with van der Waals surface area (Å²) in [6.45, 7) is 2.22. The molecule has 0 fully saturated rings. The van der Waals surface area contributed by atoms with Crippen LogP contribution in [0.4, 0.5) is 14.5 Å². The molecule has 0 amide bonds. The molecule has 1 aromatic heterocycles. The molecule has 19 heavy (non-hydrogen) atoms. The number of pyridine rings is 1. The Morgan fingerprint density at radius 3 is 2.42 bits per heavy atom. The van der Waals surface area contributed by atoms with E-state index in [9.17, 15) is 8.78 Å². The van der Waals surface area contributed by atoms with Crippen molar-refractivity contribution in [2.75, 3.05) is 12.4 Å². The number of aryl methyl sites for hydroxylation is 1. The molecular formula is C14H14F2N2O. The van der Waals surface area contributed by atoms with Crippen molar-refractivity contribution < 1.29 is 13.5 Å². The summed E-state index contributed by atoms with van der Waals surface area (Å²) in [6.07, 6.45) is 0. The highest BCUT2D eigenvalue weighted by Crippen LogP contribution is 2.16. The second kappa shape index (κ2) is 5.65. The van der Waals surface area contributed by atoms with Gasteiger partial charge in [0.25, 0.3) is 0 Å². The summed E-state index contributed by atoms with van der Waals surface area (Å²) >= 11 is 0. The standard InChI is InChI=1S/C14H14F2N2O/c1-9-3-14(19-2)7-13(18-9)8-17-12-5-10(15)4-11(16)6-12/h3-7,17H,8H2,1-2H3. The first kappa shape index (κ1) is 13.3. The van der Waals surface area contributed by atoms with Crippen LogP contribution in [-0.2, 0) is 6.54 Å². The van der Waals surface area contributed by atoms with E-state index < -0.39 is 11.6 Å². The first-order valence-corrected chi connectivity index (χ1v) is 5.78. The van der Waals surface area contributed by atoms with Gasteiger partial charge in [0.15, 0.2) is 0 Å². The van der Waals surface area contributed by atoms with Gasteiger partial charge in [-0.05, 0) is 19.1 Å². The number of methoxy groups -OCH3 is 1. The molecule has 0 aliphatic rings. The molecule has 1 heterocycles. The molecule has 2 rings (SSSR count). The summed E-state index contributed by atoms with van der Waals surface area (Å²) in [5.74, 6) is -0.524. The van der Waals surface area contributed by atoms with Crippen molar-refractivity contribution in [2.24, 2.45) is 0 Å². The first-order chi connectivity index (χ1) is 9.06. The monoisotopic (exact) mass is 264 g/mol. The molecule has 3 nitrogen and oxygen atoms in total. The van der Waals surface area contributed by atoms with Crippen LogP contribution in [0.2, 0.25) is 0 Å². The molecule has 0 radical (unpaired) electrons. The number of rotatable bonds is 4. The lowest BCUT2D eigenvalue weighted by atomic mass is 10.2. The van der Waals surface area contributed by atoms with Gasteiger partial charge in [-0.1, -0.05) is 0 Å². The van der Waals surface area contributed by atoms with Gasteiger partial charge in [-0.3, -0.25) is 4.98 Å². The SMILES string of the molecule is COc1cc(C)nc(CNc2cc(F)cc(F)c2)c1. The van der Waals surface area contributed by atoms with Gasteiger partial charge in [0.05, 0.1) is 19.3 Å². The zero-order chi connectivity index (χ0) is 13.8. The van der Waals surface area contributed by atoms with Gasteiger partial charge >= 0.3 is 0 Å². The van der Waals surface area contributed by atoms with Gasteiger partial charge < -0.3 is 10.1 Å². The van der Waals surface area contributed by atoms with Gasteiger partial charge in [0, 0.05) is 29.6 Å². The zero-order valence-corrected chi connectivity index (χ0v) is 10.7. The van der Waals surface area contributed by atoms with Crippen molar-refractivity contribution in [2.45, 2.75) is 13.5 Å². The molecule has 1 N–H and O–H groups in total. The van der Waals surface area contributed by atoms with E-state index in [0.717, 1.165) is 17.5 Å². The van der Waals surface area contributed by atoms with Gasteiger partial charge in [-0.15, -0.1) is 0 Å². The lowest BCUT2D eigenvalue weighted by Crippen LogP contribution is -2.03. The highest BCUT2D eigenvalue weighted by molar-refractivity contribution is 5.44. The maximum Gasteiger partial charge on any atom is 0.128 e. The Bertz CT molecular complexity index is 567. The Morgan fingerprint density at radius 2 is 1.79 bits per heavy atom. The van der Waals surface area contributed by atoms with Crippen molar-refractivity contribution in [3.05, 3.63) is 53.4 Å². The van der Waals surface area contributed by atoms with Crippen LogP contribution in [0.1, 0.15) is 11.4 Å². The molecule has 100 valence electrons. The maximum absolute atomic E-state index is 13.0. The van der Waals surface area contributed by atoms with Crippen LogP contribution in [0.15, 0.2) is 30.3 Å². The Labute approximate surface area is 110 Å². The normalized spacial score (nSPS) is 10.3. The van der Waals surface area contributed by atoms with Gasteiger partial charge in [0.2, 0.25) is 0 Å². The molecule has 0 aliphatic carbocycles. The Balaban J connectivity index is 2.11. The largest absolute Gasteiger partial charge is 0.497 e. The number of halogens is 2. The molecule has 0 aliphatic heterocycles. The third-order valence-electron chi connectivity index (χ3n) is 2.55. The molecule has 0 spiro atoms. The molecule has 1 aromatic carbocycles. The predicted molar refractivity (Wildman–Crippen MR) is 69.2 cm³/mol. The van der Waals surface area contributed by atoms with Crippen molar-refractivity contribution >= 4 is 5.69 Å². The summed E-state index contributed by atoms with van der Waals surface area (Å²) in [4.78, 5) is 4.31. The van der Waals surface area contributed by atoms with Crippen molar-refractivity contribution in [1.29, 1.82) is 0 Å². The first-order valence-electron chi connectivity index (χ1n) is 5.78. The number of anilines is 1. The third kappa shape index (κ3) is 3.64. The van der Waals surface area contributed by atoms with E-state index in [2.05, 4.69) is 10.3 Å². The molecule has 2 aromatic rings. The lowest BCUT2D eigenvalue weighted by Gasteiger charge is -2.09. The van der Waals surface area contributed by atoms with Crippen molar-refractivity contribution in [3.8, 4) is 5.75 Å². The Hall–Kier alpha value is -2.17. The van der Waals surface area contributed by atoms with Crippen LogP contribution >= 0.6 is 0 Å². The molecule has 0 atom stereocenters. The second-order valence-corrected chi connectivity index (χ2v) is 4.15. The third-order valence-corrected chi connectivity index (χ3v) is 2.55. The summed E-state index contributed by atoms with van der Waals surface area (Å²) in [6, 6.07) is 6.88. The summed E-state index contributed by atoms with van der Waals surface area (Å²) in [5, 5.41) is 2.92. The van der Waals surface area contributed by atoms with Crippen LogP contribution in [0, 0.1) is 18.6 Å². The zero-order valence-electron chi connectivity index (χ0n) is 10.7. The number of hydrogen-bond donors (Lipinski definition) is 1. The molecule has 0 bridgehead atoms. The minimum Gasteiger partial charge on any atom is -0.497 e. The maximum atomic E-state index is 13.0. The fraction of sp³-hybridized carbons (Fsp3) is 0.214. The second-order valence-electron chi connectivity index (χ2n) is 4.15. The van der Waals surface area contributed by atoms with Gasteiger partial charge in [-0.2, -0.15) is 0 Å². The van der Waals surface area contributed by atoms with Crippen molar-refractivity contribution in [1.82, 2.24) is 4.98 Å². The Morgan fingerprint density at radius 1 is 1.11 bits per heavy atom. The molecule has 0 unspecified atom stereocenters. The van der Waals surface area contributed by atoms with E-state index in [1.54, 1.807) is 13.2 Å². The molecule has 0 saturated carbocycles. The minimum absolute atomic E-state index is 0.362. The topological polar surface area (TPSA) is 34.1 Å². The highest BCUT2D eigenvalue weighted by atomic mass is 19.1. The van der Waals surface area contributed by atoms with Crippen LogP contribution < -0.4 is 10.1 Å². The number of hydrogen-bond acceptors (Lipinski definition) is 3. The fourth-order valence-corrected chi connectivity index (χ4v) is 1.76. The lowest BCUT2D eigenvalue weighted by molar-refractivity contribution is 0.413. The van der Waals surface area contributed by atoms with E-state index in [1.165, 1.54) is 12.1 Å². The van der Waals surface area contributed by atoms with E-state index in [4.69, 9.17) is 4.74 Å². The quantitative estimate of drug-likeness (QED) is 0.920. The van der Waals surface area contributed by atoms with E-state index in [1.807, 2.05) is 13.0 Å². The van der Waals surface area contributed by atoms with E-state index in [0.29, 0.717) is 18.0 Å². The number of nitrogens with zero attached hydrogens (tertiary/aromatic N) is 1. The number of benzene rings is 1. The predicted octanol–water partition coefficient (Wildman–Crippen LogP) is 3.29. The number of ether oxygens (including phenoxy) is 1. The summed E-state index contributed by atoms with van der Waals surface area (Å²) in [5.41, 5.74) is 1.93. The van der Waals surface area contributed by atoms with E-state index in [-0.39, 0.29) is 0 Å². The van der Waals surface area contributed by atoms with Crippen LogP contribution in [-0.4, -0.2) is 12.1 Å². The average Bonchev–Trinajstić information content (AvgIpc) is 2.34. The Kier molecular flexibility index (Phi) is 3.94. The smallest absolute Gasteiger partial charge is 0.128 e. The van der Waals surface area contributed by atoms with Crippen LogP contribution in [0.5, 0.6) is 5.75 Å². The highest BCUT2D eigenvalue weighted by Gasteiger charge is 2.03. The van der Waals surface area contributed by atoms with E-state index >= 15 is 0 Å². The average molecular weight is 264 g/mol. The number of aromatic nitrogens is 1. The molecule has 5 heteroatoms. The molecular weight excluding hydrogens is 250 g/mol. The number of nitrogens with one attached hydrogen (secondary N) is 1. The molecule has 0 saturated heterocycles. The summed E-state index contributed by atoms with van der Waals surface area (Å²) in [7, 11) is 1.58. The van der Waals surface area contributed by atoms with Crippen LogP contribution in [0.25, 0.3) is 0 Å². The van der Waals surface area contributed by atoms with Gasteiger partial charge in [0.1, 0.15) is 17.4 Å². The van der Waals surface area contributed by atoms with Crippen molar-refractivity contribution in [3.63, 3.8) is 0 Å². The van der Waals surface area contributed by atoms with Gasteiger partial charge in [-0.25, -0.2) is 8.78 Å². The van der Waals surface area contributed by atoms with Crippen LogP contribution in [0.3, 0.4) is 0 Å². The summed E-state index contributed by atoms with van der Waals surface area (Å²) < 4.78 is 31.2.